The van der Waals surface area contributed by atoms with Crippen LogP contribution in [-0.2, 0) is 12.0 Å². The van der Waals surface area contributed by atoms with Crippen LogP contribution in [0, 0.1) is 5.82 Å². The lowest BCUT2D eigenvalue weighted by Crippen LogP contribution is -2.35. The zero-order valence-corrected chi connectivity index (χ0v) is 12.8. The Morgan fingerprint density at radius 2 is 1.86 bits per heavy atom. The van der Waals surface area contributed by atoms with Crippen LogP contribution in [0.4, 0.5) is 4.39 Å². The molecule has 2 aromatic rings. The van der Waals surface area contributed by atoms with Gasteiger partial charge in [-0.15, -0.1) is 0 Å². The summed E-state index contributed by atoms with van der Waals surface area (Å²) in [7, 11) is 0. The van der Waals surface area contributed by atoms with Crippen LogP contribution in [0.15, 0.2) is 48.5 Å². The molecule has 0 spiro atoms. The van der Waals surface area contributed by atoms with Gasteiger partial charge in [0.2, 0.25) is 0 Å². The van der Waals surface area contributed by atoms with E-state index in [4.69, 9.17) is 10.5 Å². The van der Waals surface area contributed by atoms with Crippen LogP contribution in [0.2, 0.25) is 0 Å². The molecule has 3 heteroatoms. The highest BCUT2D eigenvalue weighted by Gasteiger charge is 2.23. The fourth-order valence-corrected chi connectivity index (χ4v) is 2.34. The van der Waals surface area contributed by atoms with E-state index < -0.39 is 5.54 Å². The first-order valence-electron chi connectivity index (χ1n) is 7.18. The standard InChI is InChI=1S/C18H22FNO/c1-13(2)21-16-9-6-8-15(11-16)18(3,20)12-14-7-4-5-10-17(14)19/h4-11,13H,12,20H2,1-3H3. The van der Waals surface area contributed by atoms with Gasteiger partial charge >= 0.3 is 0 Å². The summed E-state index contributed by atoms with van der Waals surface area (Å²) in [4.78, 5) is 0. The Bertz CT molecular complexity index is 608. The van der Waals surface area contributed by atoms with Crippen molar-refractivity contribution in [3.8, 4) is 5.75 Å². The number of nitrogens with two attached hydrogens (primary N) is 1. The van der Waals surface area contributed by atoms with Gasteiger partial charge in [-0.05, 0) is 56.5 Å². The molecule has 2 N–H and O–H groups in total. The van der Waals surface area contributed by atoms with Gasteiger partial charge in [-0.3, -0.25) is 0 Å². The van der Waals surface area contributed by atoms with Gasteiger partial charge in [-0.25, -0.2) is 4.39 Å². The molecule has 0 radical (unpaired) electrons. The van der Waals surface area contributed by atoms with E-state index in [9.17, 15) is 4.39 Å². The van der Waals surface area contributed by atoms with Gasteiger partial charge < -0.3 is 10.5 Å². The molecule has 2 aromatic carbocycles. The van der Waals surface area contributed by atoms with Crippen molar-refractivity contribution in [3.05, 3.63) is 65.5 Å². The minimum atomic E-state index is -0.654. The molecule has 1 unspecified atom stereocenters. The summed E-state index contributed by atoms with van der Waals surface area (Å²) < 4.78 is 19.5. The topological polar surface area (TPSA) is 35.2 Å². The van der Waals surface area contributed by atoms with E-state index in [1.54, 1.807) is 12.1 Å². The van der Waals surface area contributed by atoms with Crippen LogP contribution in [0.1, 0.15) is 31.9 Å². The molecule has 0 aromatic heterocycles. The maximum Gasteiger partial charge on any atom is 0.126 e. The van der Waals surface area contributed by atoms with Gasteiger partial charge in [-0.1, -0.05) is 30.3 Å². The summed E-state index contributed by atoms with van der Waals surface area (Å²) in [6, 6.07) is 14.5. The molecule has 0 aliphatic heterocycles. The molecule has 0 amide bonds. The Morgan fingerprint density at radius 1 is 1.14 bits per heavy atom. The zero-order valence-electron chi connectivity index (χ0n) is 12.8. The lowest BCUT2D eigenvalue weighted by molar-refractivity contribution is 0.241. The number of ether oxygens (including phenoxy) is 1. The van der Waals surface area contributed by atoms with Crippen molar-refractivity contribution in [1.29, 1.82) is 0 Å². The highest BCUT2D eigenvalue weighted by atomic mass is 19.1. The van der Waals surface area contributed by atoms with Crippen LogP contribution in [0.5, 0.6) is 5.75 Å². The van der Waals surface area contributed by atoms with Crippen molar-refractivity contribution in [1.82, 2.24) is 0 Å². The van der Waals surface area contributed by atoms with Gasteiger partial charge in [0.25, 0.3) is 0 Å². The molecule has 0 bridgehead atoms. The largest absolute Gasteiger partial charge is 0.491 e. The zero-order chi connectivity index (χ0) is 15.5. The first kappa shape index (κ1) is 15.5. The van der Waals surface area contributed by atoms with Crippen LogP contribution in [-0.4, -0.2) is 6.10 Å². The molecule has 0 saturated heterocycles. The lowest BCUT2D eigenvalue weighted by atomic mass is 9.86. The van der Waals surface area contributed by atoms with E-state index in [2.05, 4.69) is 0 Å². The number of rotatable bonds is 5. The van der Waals surface area contributed by atoms with Gasteiger partial charge in [-0.2, -0.15) is 0 Å². The smallest absolute Gasteiger partial charge is 0.126 e. The van der Waals surface area contributed by atoms with E-state index in [1.807, 2.05) is 51.1 Å². The average Bonchev–Trinajstić information content (AvgIpc) is 2.41. The number of hydrogen-bond donors (Lipinski definition) is 1. The quantitative estimate of drug-likeness (QED) is 0.901. The van der Waals surface area contributed by atoms with Crippen molar-refractivity contribution in [2.75, 3.05) is 0 Å². The van der Waals surface area contributed by atoms with E-state index in [1.165, 1.54) is 6.07 Å². The van der Waals surface area contributed by atoms with E-state index >= 15 is 0 Å². The van der Waals surface area contributed by atoms with Crippen LogP contribution in [0.3, 0.4) is 0 Å². The summed E-state index contributed by atoms with van der Waals surface area (Å²) in [6.45, 7) is 5.87. The van der Waals surface area contributed by atoms with Crippen molar-refractivity contribution in [3.63, 3.8) is 0 Å². The normalized spacial score (nSPS) is 14.0. The van der Waals surface area contributed by atoms with Gasteiger partial charge in [0.15, 0.2) is 0 Å². The van der Waals surface area contributed by atoms with Crippen LogP contribution >= 0.6 is 0 Å². The minimum Gasteiger partial charge on any atom is -0.491 e. The van der Waals surface area contributed by atoms with Crippen LogP contribution in [0.25, 0.3) is 0 Å². The average molecular weight is 287 g/mol. The molecule has 0 saturated carbocycles. The molecular weight excluding hydrogens is 265 g/mol. The third-order valence-corrected chi connectivity index (χ3v) is 3.38. The fraction of sp³-hybridized carbons (Fsp3) is 0.333. The second-order valence-electron chi connectivity index (χ2n) is 5.88. The Morgan fingerprint density at radius 3 is 2.52 bits per heavy atom. The lowest BCUT2D eigenvalue weighted by Gasteiger charge is -2.26. The van der Waals surface area contributed by atoms with E-state index in [0.29, 0.717) is 12.0 Å². The predicted molar refractivity (Wildman–Crippen MR) is 83.8 cm³/mol. The molecule has 2 rings (SSSR count). The summed E-state index contributed by atoms with van der Waals surface area (Å²) in [5.41, 5.74) is 7.32. The first-order valence-corrected chi connectivity index (χ1v) is 7.18. The van der Waals surface area contributed by atoms with Crippen molar-refractivity contribution >= 4 is 0 Å². The van der Waals surface area contributed by atoms with Gasteiger partial charge in [0.05, 0.1) is 6.10 Å². The summed E-state index contributed by atoms with van der Waals surface area (Å²) in [6.07, 6.45) is 0.543. The van der Waals surface area contributed by atoms with Crippen molar-refractivity contribution in [2.24, 2.45) is 5.73 Å². The SMILES string of the molecule is CC(C)Oc1cccc(C(C)(N)Cc2ccccc2F)c1. The fourth-order valence-electron chi connectivity index (χ4n) is 2.34. The molecule has 21 heavy (non-hydrogen) atoms. The van der Waals surface area contributed by atoms with Crippen molar-refractivity contribution < 1.29 is 9.13 Å². The highest BCUT2D eigenvalue weighted by molar-refractivity contribution is 5.34. The van der Waals surface area contributed by atoms with Crippen LogP contribution < -0.4 is 10.5 Å². The Hall–Kier alpha value is -1.87. The summed E-state index contributed by atoms with van der Waals surface area (Å²) in [5.74, 6) is 0.566. The molecule has 2 nitrogen and oxygen atoms in total. The molecule has 0 fully saturated rings. The maximum atomic E-state index is 13.8. The third kappa shape index (κ3) is 4.05. The monoisotopic (exact) mass is 287 g/mol. The van der Waals surface area contributed by atoms with E-state index in [-0.39, 0.29) is 11.9 Å². The Labute approximate surface area is 125 Å². The van der Waals surface area contributed by atoms with E-state index in [0.717, 1.165) is 11.3 Å². The molecule has 1 atom stereocenters. The molecule has 0 aliphatic rings. The number of benzene rings is 2. The number of hydrogen-bond acceptors (Lipinski definition) is 2. The second kappa shape index (κ2) is 6.27. The second-order valence-corrected chi connectivity index (χ2v) is 5.88. The predicted octanol–water partition coefficient (Wildman–Crippen LogP) is 4.03. The van der Waals surface area contributed by atoms with Gasteiger partial charge in [0, 0.05) is 5.54 Å². The maximum absolute atomic E-state index is 13.8. The molecular formula is C18H22FNO. The number of halogens is 1. The summed E-state index contributed by atoms with van der Waals surface area (Å²) >= 11 is 0. The van der Waals surface area contributed by atoms with Gasteiger partial charge in [0.1, 0.15) is 11.6 Å². The molecule has 0 aliphatic carbocycles. The molecule has 0 heterocycles. The minimum absolute atomic E-state index is 0.107. The first-order chi connectivity index (χ1) is 9.88. The molecule has 112 valence electrons. The third-order valence-electron chi connectivity index (χ3n) is 3.38. The summed E-state index contributed by atoms with van der Waals surface area (Å²) in [5, 5.41) is 0. The highest BCUT2D eigenvalue weighted by Crippen LogP contribution is 2.27. The Kier molecular flexibility index (Phi) is 4.63. The van der Waals surface area contributed by atoms with Crippen molar-refractivity contribution in [2.45, 2.75) is 38.8 Å². The Balaban J connectivity index is 2.25.